The zero-order valence-corrected chi connectivity index (χ0v) is 12.6. The molecule has 2 aromatic rings. The minimum absolute atomic E-state index is 0.341. The Morgan fingerprint density at radius 1 is 1.09 bits per heavy atom. The van der Waals surface area contributed by atoms with Crippen LogP contribution in [-0.2, 0) is 20.2 Å². The highest BCUT2D eigenvalue weighted by molar-refractivity contribution is 7.86. The second-order valence-electron chi connectivity index (χ2n) is 4.10. The van der Waals surface area contributed by atoms with Gasteiger partial charge in [-0.05, 0) is 18.2 Å². The lowest BCUT2D eigenvalue weighted by Gasteiger charge is -2.10. The Kier molecular flexibility index (Phi) is 4.08. The molecule has 1 heterocycles. The number of aromatic amines is 1. The molecule has 0 radical (unpaired) electrons. The van der Waals surface area contributed by atoms with Gasteiger partial charge in [0, 0.05) is 0 Å². The lowest BCUT2D eigenvalue weighted by Crippen LogP contribution is -2.17. The molecule has 0 unspecified atom stereocenters. The number of hydrogen-bond acceptors (Lipinski definition) is 9. The molecule has 2 rings (SSSR count). The first kappa shape index (κ1) is 16.8. The van der Waals surface area contributed by atoms with Crippen LogP contribution >= 0.6 is 0 Å². The van der Waals surface area contributed by atoms with Crippen LogP contribution in [-0.4, -0.2) is 40.9 Å². The minimum atomic E-state index is -4.75. The van der Waals surface area contributed by atoms with E-state index in [1.165, 1.54) is 0 Å². The maximum absolute atomic E-state index is 11.3. The Morgan fingerprint density at radius 2 is 1.74 bits per heavy atom. The van der Waals surface area contributed by atoms with E-state index in [0.717, 1.165) is 12.1 Å². The van der Waals surface area contributed by atoms with Gasteiger partial charge in [0.15, 0.2) is 0 Å². The lowest BCUT2D eigenvalue weighted by atomic mass is 10.3. The zero-order valence-electron chi connectivity index (χ0n) is 11.0. The van der Waals surface area contributed by atoms with Crippen LogP contribution in [0.3, 0.4) is 0 Å². The van der Waals surface area contributed by atoms with Gasteiger partial charge in [0.25, 0.3) is 20.2 Å². The molecular weight excluding hydrogens is 354 g/mol. The van der Waals surface area contributed by atoms with Crippen molar-refractivity contribution in [2.75, 3.05) is 11.1 Å². The van der Waals surface area contributed by atoms with Gasteiger partial charge in [-0.25, -0.2) is 4.79 Å². The normalized spacial score (nSPS) is 12.1. The van der Waals surface area contributed by atoms with Crippen molar-refractivity contribution >= 4 is 37.8 Å². The first-order valence-electron chi connectivity index (χ1n) is 5.57. The summed E-state index contributed by atoms with van der Waals surface area (Å²) in [7, 11) is -9.39. The Balaban J connectivity index is 2.64. The van der Waals surface area contributed by atoms with Crippen molar-refractivity contribution in [1.82, 2.24) is 15.0 Å². The van der Waals surface area contributed by atoms with Crippen molar-refractivity contribution in [1.29, 1.82) is 0 Å². The molecule has 6 N–H and O–H groups in total. The number of anilines is 3. The highest BCUT2D eigenvalue weighted by atomic mass is 32.2. The van der Waals surface area contributed by atoms with Crippen LogP contribution in [0.2, 0.25) is 0 Å². The molecule has 0 bridgehead atoms. The van der Waals surface area contributed by atoms with E-state index in [1.807, 2.05) is 4.98 Å². The second-order valence-corrected chi connectivity index (χ2v) is 6.91. The number of nitrogens with one attached hydrogen (secondary N) is 2. The monoisotopic (exact) mass is 363 g/mol. The fourth-order valence-electron chi connectivity index (χ4n) is 1.57. The molecule has 0 atom stereocenters. The molecule has 0 aliphatic carbocycles. The van der Waals surface area contributed by atoms with Crippen LogP contribution in [0.25, 0.3) is 0 Å². The van der Waals surface area contributed by atoms with Crippen LogP contribution in [0.5, 0.6) is 0 Å². The average molecular weight is 363 g/mol. The van der Waals surface area contributed by atoms with Crippen molar-refractivity contribution < 1.29 is 25.9 Å². The van der Waals surface area contributed by atoms with Gasteiger partial charge in [0.2, 0.25) is 11.9 Å². The molecule has 0 saturated carbocycles. The Hall–Kier alpha value is -2.55. The second kappa shape index (κ2) is 5.58. The number of nitrogens with zero attached hydrogens (tertiary/aromatic N) is 2. The predicted octanol–water partition coefficient (Wildman–Crippen LogP) is -1.02. The molecular formula is C9H9N5O7S2. The molecule has 0 aliphatic rings. The molecule has 0 amide bonds. The Labute approximate surface area is 128 Å². The first-order chi connectivity index (χ1) is 10.5. The summed E-state index contributed by atoms with van der Waals surface area (Å²) in [4.78, 5) is 18.7. The van der Waals surface area contributed by atoms with Gasteiger partial charge >= 0.3 is 5.69 Å². The minimum Gasteiger partial charge on any atom is -0.369 e. The van der Waals surface area contributed by atoms with E-state index in [1.54, 1.807) is 0 Å². The zero-order chi connectivity index (χ0) is 17.4. The van der Waals surface area contributed by atoms with Gasteiger partial charge in [-0.2, -0.15) is 26.8 Å². The van der Waals surface area contributed by atoms with Gasteiger partial charge in [-0.1, -0.05) is 0 Å². The van der Waals surface area contributed by atoms with Gasteiger partial charge < -0.3 is 11.1 Å². The van der Waals surface area contributed by atoms with Gasteiger partial charge in [-0.3, -0.25) is 14.1 Å². The predicted molar refractivity (Wildman–Crippen MR) is 76.4 cm³/mol. The molecule has 124 valence electrons. The van der Waals surface area contributed by atoms with E-state index in [2.05, 4.69) is 15.3 Å². The first-order valence-corrected chi connectivity index (χ1v) is 8.45. The largest absolute Gasteiger partial charge is 0.369 e. The summed E-state index contributed by atoms with van der Waals surface area (Å²) in [5, 5.41) is 2.24. The van der Waals surface area contributed by atoms with Gasteiger partial charge in [0.1, 0.15) is 4.90 Å². The third-order valence-corrected chi connectivity index (χ3v) is 4.20. The summed E-state index contributed by atoms with van der Waals surface area (Å²) >= 11 is 0. The van der Waals surface area contributed by atoms with Crippen LogP contribution in [0.15, 0.2) is 32.8 Å². The quantitative estimate of drug-likeness (QED) is 0.416. The molecule has 0 saturated heterocycles. The summed E-state index contributed by atoms with van der Waals surface area (Å²) in [6, 6.07) is 2.20. The lowest BCUT2D eigenvalue weighted by molar-refractivity contribution is 0.479. The maximum Gasteiger partial charge on any atom is 0.350 e. The standard InChI is InChI=1S/C9H9N5O7S2/c10-7-12-8(14-9(15)13-7)11-5-3-4(22(16,17)18)1-2-6(5)23(19,20)21/h1-3H,(H,16,17,18)(H,19,20,21)(H4,10,11,12,13,14,15). The molecule has 0 aliphatic heterocycles. The molecule has 1 aromatic carbocycles. The van der Waals surface area contributed by atoms with Gasteiger partial charge in [-0.15, -0.1) is 0 Å². The summed E-state index contributed by atoms with van der Waals surface area (Å²) < 4.78 is 63.0. The smallest absolute Gasteiger partial charge is 0.350 e. The molecule has 12 nitrogen and oxygen atoms in total. The Morgan fingerprint density at radius 3 is 2.26 bits per heavy atom. The molecule has 23 heavy (non-hydrogen) atoms. The topological polar surface area (TPSA) is 205 Å². The van der Waals surface area contributed by atoms with E-state index >= 15 is 0 Å². The fraction of sp³-hybridized carbons (Fsp3) is 0. The van der Waals surface area contributed by atoms with Gasteiger partial charge in [0.05, 0.1) is 10.6 Å². The fourth-order valence-corrected chi connectivity index (χ4v) is 2.70. The number of aromatic nitrogens is 3. The van der Waals surface area contributed by atoms with Crippen LogP contribution in [0.4, 0.5) is 17.6 Å². The van der Waals surface area contributed by atoms with Crippen LogP contribution in [0, 0.1) is 0 Å². The third kappa shape index (κ3) is 4.01. The number of nitrogen functional groups attached to an aromatic ring is 1. The number of hydrogen-bond donors (Lipinski definition) is 5. The molecule has 0 fully saturated rings. The molecule has 14 heteroatoms. The van der Waals surface area contributed by atoms with Crippen molar-refractivity contribution in [3.8, 4) is 0 Å². The number of benzene rings is 1. The SMILES string of the molecule is Nc1nc(Nc2cc(S(=O)(=O)O)ccc2S(=O)(=O)O)nc(=O)[nH]1. The average Bonchev–Trinajstić information content (AvgIpc) is 2.34. The van der Waals surface area contributed by atoms with E-state index in [9.17, 15) is 21.6 Å². The molecule has 1 aromatic heterocycles. The van der Waals surface area contributed by atoms with Crippen LogP contribution < -0.4 is 16.7 Å². The number of H-pyrrole nitrogens is 1. The number of rotatable bonds is 4. The van der Waals surface area contributed by atoms with Crippen molar-refractivity contribution in [2.24, 2.45) is 0 Å². The summed E-state index contributed by atoms with van der Waals surface area (Å²) in [5.41, 5.74) is 3.89. The van der Waals surface area contributed by atoms with E-state index in [4.69, 9.17) is 14.8 Å². The van der Waals surface area contributed by atoms with Crippen LogP contribution in [0.1, 0.15) is 0 Å². The number of nitrogens with two attached hydrogens (primary N) is 1. The molecule has 0 spiro atoms. The van der Waals surface area contributed by atoms with E-state index in [-0.39, 0.29) is 5.95 Å². The maximum atomic E-state index is 11.3. The van der Waals surface area contributed by atoms with E-state index in [0.29, 0.717) is 6.07 Å². The van der Waals surface area contributed by atoms with Crippen molar-refractivity contribution in [3.05, 3.63) is 28.7 Å². The summed E-state index contributed by atoms with van der Waals surface area (Å²) in [6.07, 6.45) is 0. The highest BCUT2D eigenvalue weighted by Gasteiger charge is 2.20. The summed E-state index contributed by atoms with van der Waals surface area (Å²) in [6.45, 7) is 0. The highest BCUT2D eigenvalue weighted by Crippen LogP contribution is 2.26. The Bertz CT molecular complexity index is 1030. The van der Waals surface area contributed by atoms with E-state index < -0.39 is 47.4 Å². The van der Waals surface area contributed by atoms with Crippen molar-refractivity contribution in [2.45, 2.75) is 9.79 Å². The summed E-state index contributed by atoms with van der Waals surface area (Å²) in [5.74, 6) is -0.796. The third-order valence-electron chi connectivity index (χ3n) is 2.44. The van der Waals surface area contributed by atoms with Crippen molar-refractivity contribution in [3.63, 3.8) is 0 Å².